The van der Waals surface area contributed by atoms with Crippen LogP contribution >= 0.6 is 0 Å². The summed E-state index contributed by atoms with van der Waals surface area (Å²) in [4.78, 5) is 0. The molecule has 0 aliphatic heterocycles. The fourth-order valence-electron chi connectivity index (χ4n) is 1.14. The highest BCUT2D eigenvalue weighted by Gasteiger charge is 2.18. The van der Waals surface area contributed by atoms with Gasteiger partial charge in [0.05, 0.1) is 12.3 Å². The summed E-state index contributed by atoms with van der Waals surface area (Å²) in [6.07, 6.45) is 2.72. The van der Waals surface area contributed by atoms with E-state index in [1.54, 1.807) is 0 Å². The summed E-state index contributed by atoms with van der Waals surface area (Å²) >= 11 is 0. The van der Waals surface area contributed by atoms with E-state index in [-0.39, 0.29) is 11.5 Å². The average molecular weight is 181 g/mol. The largest absolute Gasteiger partial charge is 0.467 e. The molecule has 1 aromatic rings. The molecule has 0 bridgehead atoms. The van der Waals surface area contributed by atoms with Crippen molar-refractivity contribution in [1.29, 1.82) is 0 Å². The van der Waals surface area contributed by atoms with E-state index in [9.17, 15) is 0 Å². The summed E-state index contributed by atoms with van der Waals surface area (Å²) in [5.41, 5.74) is 7.22. The second-order valence-corrected chi connectivity index (χ2v) is 4.50. The molecule has 0 unspecified atom stereocenters. The van der Waals surface area contributed by atoms with E-state index in [2.05, 4.69) is 33.8 Å². The Morgan fingerprint density at radius 3 is 2.46 bits per heavy atom. The lowest BCUT2D eigenvalue weighted by molar-refractivity contribution is 0.456. The summed E-state index contributed by atoms with van der Waals surface area (Å²) in [6, 6.07) is 2.10. The molecule has 0 aliphatic rings. The third kappa shape index (κ3) is 2.34. The number of hydrogen-bond acceptors (Lipinski definition) is 2. The lowest BCUT2D eigenvalue weighted by atomic mass is 9.89. The third-order valence-electron chi connectivity index (χ3n) is 2.29. The quantitative estimate of drug-likeness (QED) is 0.761. The predicted molar refractivity (Wildman–Crippen MR) is 54.6 cm³/mol. The summed E-state index contributed by atoms with van der Waals surface area (Å²) in [5.74, 6) is 0.896. The van der Waals surface area contributed by atoms with Gasteiger partial charge in [-0.1, -0.05) is 27.7 Å². The predicted octanol–water partition coefficient (Wildman–Crippen LogP) is 2.99. The van der Waals surface area contributed by atoms with E-state index in [1.807, 2.05) is 6.26 Å². The Hall–Kier alpha value is -0.760. The first kappa shape index (κ1) is 10.3. The van der Waals surface area contributed by atoms with Gasteiger partial charge in [0.2, 0.25) is 0 Å². The van der Waals surface area contributed by atoms with Crippen molar-refractivity contribution in [1.82, 2.24) is 0 Å². The van der Waals surface area contributed by atoms with Gasteiger partial charge in [-0.3, -0.25) is 0 Å². The van der Waals surface area contributed by atoms with Gasteiger partial charge in [-0.2, -0.15) is 0 Å². The van der Waals surface area contributed by atoms with E-state index >= 15 is 0 Å². The Labute approximate surface area is 80.1 Å². The van der Waals surface area contributed by atoms with Crippen LogP contribution in [0.1, 0.15) is 51.5 Å². The Bertz CT molecular complexity index is 270. The van der Waals surface area contributed by atoms with Crippen molar-refractivity contribution in [2.45, 2.75) is 45.6 Å². The molecule has 74 valence electrons. The monoisotopic (exact) mass is 181 g/mol. The molecule has 1 aromatic heterocycles. The van der Waals surface area contributed by atoms with Crippen LogP contribution in [0.4, 0.5) is 0 Å². The summed E-state index contributed by atoms with van der Waals surface area (Å²) < 4.78 is 5.42. The molecule has 0 fully saturated rings. The molecule has 0 aliphatic carbocycles. The van der Waals surface area contributed by atoms with Gasteiger partial charge >= 0.3 is 0 Å². The third-order valence-corrected chi connectivity index (χ3v) is 2.29. The Morgan fingerprint density at radius 2 is 2.08 bits per heavy atom. The first-order valence-corrected chi connectivity index (χ1v) is 4.79. The van der Waals surface area contributed by atoms with Crippen molar-refractivity contribution in [2.75, 3.05) is 0 Å². The van der Waals surface area contributed by atoms with Gasteiger partial charge in [-0.15, -0.1) is 0 Å². The Morgan fingerprint density at radius 1 is 1.46 bits per heavy atom. The van der Waals surface area contributed by atoms with Crippen LogP contribution < -0.4 is 5.73 Å². The van der Waals surface area contributed by atoms with E-state index in [0.717, 1.165) is 12.2 Å². The van der Waals surface area contributed by atoms with Crippen molar-refractivity contribution >= 4 is 0 Å². The fourth-order valence-corrected chi connectivity index (χ4v) is 1.14. The molecule has 0 aromatic carbocycles. The standard InChI is InChI=1S/C11H19NO/c1-5-9(12)10-6-8(7-13-10)11(2,3)4/h6-7,9H,5,12H2,1-4H3/t9-/m1/s1. The van der Waals surface area contributed by atoms with E-state index < -0.39 is 0 Å². The topological polar surface area (TPSA) is 39.2 Å². The van der Waals surface area contributed by atoms with Crippen LogP contribution in [0.15, 0.2) is 16.7 Å². The summed E-state index contributed by atoms with van der Waals surface area (Å²) in [6.45, 7) is 8.56. The maximum atomic E-state index is 5.86. The van der Waals surface area contributed by atoms with Crippen molar-refractivity contribution < 1.29 is 4.42 Å². The lowest BCUT2D eigenvalue weighted by Crippen LogP contribution is -2.10. The molecule has 0 spiro atoms. The van der Waals surface area contributed by atoms with Gasteiger partial charge in [-0.05, 0) is 23.5 Å². The van der Waals surface area contributed by atoms with Crippen molar-refractivity contribution in [3.05, 3.63) is 23.7 Å². The van der Waals surface area contributed by atoms with Crippen LogP contribution in [-0.4, -0.2) is 0 Å². The number of nitrogens with two attached hydrogens (primary N) is 1. The molecule has 2 N–H and O–H groups in total. The van der Waals surface area contributed by atoms with Crippen LogP contribution in [-0.2, 0) is 5.41 Å². The van der Waals surface area contributed by atoms with Gasteiger partial charge in [-0.25, -0.2) is 0 Å². The van der Waals surface area contributed by atoms with Crippen LogP contribution in [0.5, 0.6) is 0 Å². The van der Waals surface area contributed by atoms with Crippen LogP contribution in [0, 0.1) is 0 Å². The smallest absolute Gasteiger partial charge is 0.120 e. The van der Waals surface area contributed by atoms with Gasteiger partial charge in [0, 0.05) is 0 Å². The molecule has 2 heteroatoms. The molecule has 2 nitrogen and oxygen atoms in total. The van der Waals surface area contributed by atoms with Gasteiger partial charge in [0.1, 0.15) is 5.76 Å². The Balaban J connectivity index is 2.87. The zero-order chi connectivity index (χ0) is 10.1. The molecular formula is C11H19NO. The van der Waals surface area contributed by atoms with Crippen molar-refractivity contribution in [3.63, 3.8) is 0 Å². The first-order valence-electron chi connectivity index (χ1n) is 4.79. The van der Waals surface area contributed by atoms with Gasteiger partial charge < -0.3 is 10.2 Å². The molecule has 0 saturated carbocycles. The van der Waals surface area contributed by atoms with Crippen LogP contribution in [0.2, 0.25) is 0 Å². The highest BCUT2D eigenvalue weighted by Crippen LogP contribution is 2.26. The highest BCUT2D eigenvalue weighted by molar-refractivity contribution is 5.22. The zero-order valence-corrected chi connectivity index (χ0v) is 8.92. The second-order valence-electron chi connectivity index (χ2n) is 4.50. The van der Waals surface area contributed by atoms with Crippen molar-refractivity contribution in [2.24, 2.45) is 5.73 Å². The minimum absolute atomic E-state index is 0.0381. The van der Waals surface area contributed by atoms with Crippen LogP contribution in [0.3, 0.4) is 0 Å². The number of furan rings is 1. The van der Waals surface area contributed by atoms with Gasteiger partial charge in [0.15, 0.2) is 0 Å². The molecule has 1 atom stereocenters. The molecule has 0 amide bonds. The summed E-state index contributed by atoms with van der Waals surface area (Å²) in [7, 11) is 0. The first-order chi connectivity index (χ1) is 5.95. The normalized spacial score (nSPS) is 14.5. The maximum Gasteiger partial charge on any atom is 0.120 e. The van der Waals surface area contributed by atoms with Crippen molar-refractivity contribution in [3.8, 4) is 0 Å². The van der Waals surface area contributed by atoms with Crippen LogP contribution in [0.25, 0.3) is 0 Å². The molecule has 0 radical (unpaired) electrons. The Kier molecular flexibility index (Phi) is 2.81. The van der Waals surface area contributed by atoms with Gasteiger partial charge in [0.25, 0.3) is 0 Å². The molecule has 1 heterocycles. The minimum Gasteiger partial charge on any atom is -0.467 e. The highest BCUT2D eigenvalue weighted by atomic mass is 16.3. The number of hydrogen-bond donors (Lipinski definition) is 1. The summed E-state index contributed by atoms with van der Waals surface area (Å²) in [5, 5.41) is 0. The molecule has 1 rings (SSSR count). The maximum absolute atomic E-state index is 5.86. The van der Waals surface area contributed by atoms with E-state index in [1.165, 1.54) is 5.56 Å². The average Bonchev–Trinajstić information content (AvgIpc) is 2.50. The lowest BCUT2D eigenvalue weighted by Gasteiger charge is -2.14. The minimum atomic E-state index is 0.0381. The fraction of sp³-hybridized carbons (Fsp3) is 0.636. The van der Waals surface area contributed by atoms with E-state index in [4.69, 9.17) is 10.2 Å². The number of rotatable bonds is 2. The zero-order valence-electron chi connectivity index (χ0n) is 8.92. The molecular weight excluding hydrogens is 162 g/mol. The SMILES string of the molecule is CC[C@@H](N)c1cc(C(C)(C)C)co1. The second kappa shape index (κ2) is 3.54. The molecule has 13 heavy (non-hydrogen) atoms. The van der Waals surface area contributed by atoms with E-state index in [0.29, 0.717) is 0 Å². The molecule has 0 saturated heterocycles.